The van der Waals surface area contributed by atoms with Crippen LogP contribution in [0.3, 0.4) is 0 Å². The lowest BCUT2D eigenvalue weighted by atomic mass is 12.0. The van der Waals surface area contributed by atoms with Crippen molar-refractivity contribution >= 4 is 21.1 Å². The lowest BCUT2D eigenvalue weighted by Crippen LogP contribution is -1.88. The predicted octanol–water partition coefficient (Wildman–Crippen LogP) is -1.26. The first-order valence-corrected chi connectivity index (χ1v) is 4.47. The maximum Gasteiger partial charge on any atom is 0.261 e. The fourth-order valence-electron chi connectivity index (χ4n) is 0. The van der Waals surface area contributed by atoms with E-state index in [0.29, 0.717) is 6.26 Å². The fourth-order valence-corrected chi connectivity index (χ4v) is 0. The van der Waals surface area contributed by atoms with E-state index >= 15 is 0 Å². The van der Waals surface area contributed by atoms with Gasteiger partial charge >= 0.3 is 0 Å². The predicted molar refractivity (Wildman–Crippen MR) is 35.4 cm³/mol. The first kappa shape index (κ1) is 16.4. The van der Waals surface area contributed by atoms with Gasteiger partial charge in [0.15, 0.2) is 0 Å². The van der Waals surface area contributed by atoms with E-state index < -0.39 is 21.1 Å². The number of thiol groups is 1. The molecule has 0 aromatic carbocycles. The molecule has 0 unspecified atom stereocenters. The van der Waals surface area contributed by atoms with Crippen molar-refractivity contribution in [1.82, 2.24) is 6.15 Å². The van der Waals surface area contributed by atoms with E-state index in [1.165, 1.54) is 0 Å². The zero-order valence-electron chi connectivity index (χ0n) is 5.09. The van der Waals surface area contributed by atoms with Gasteiger partial charge in [-0.1, -0.05) is 0 Å². The topological polar surface area (TPSA) is 144 Å². The standard InChI is InChI=1S/CH4O3S.H3N.H2O3S/c1-5(2,3)4;;1-4(2)3/h1H3,(H,2,3,4);1H3;4H,(H,1,2,3). The highest BCUT2D eigenvalue weighted by Gasteiger charge is 1.81. The van der Waals surface area contributed by atoms with Crippen molar-refractivity contribution in [2.75, 3.05) is 6.26 Å². The van der Waals surface area contributed by atoms with Crippen LogP contribution in [0.2, 0.25) is 0 Å². The van der Waals surface area contributed by atoms with E-state index in [9.17, 15) is 8.42 Å². The van der Waals surface area contributed by atoms with Gasteiger partial charge in [0.05, 0.1) is 6.26 Å². The molecular formula is CH9NO6S2. The summed E-state index contributed by atoms with van der Waals surface area (Å²) >= 11 is 0. The van der Waals surface area contributed by atoms with E-state index in [1.807, 2.05) is 0 Å². The van der Waals surface area contributed by atoms with Gasteiger partial charge in [-0.3, -0.25) is 9.11 Å². The Kier molecular flexibility index (Phi) is 11.3. The van der Waals surface area contributed by atoms with E-state index in [1.54, 1.807) is 0 Å². The van der Waals surface area contributed by atoms with Gasteiger partial charge in [0.2, 0.25) is 0 Å². The molecule has 0 atom stereocenters. The largest absolute Gasteiger partial charge is 0.344 e. The van der Waals surface area contributed by atoms with Crippen molar-refractivity contribution in [2.45, 2.75) is 0 Å². The molecule has 0 saturated carbocycles. The molecule has 66 valence electrons. The molecular weight excluding hydrogens is 186 g/mol. The second-order valence-electron chi connectivity index (χ2n) is 0.971. The van der Waals surface area contributed by atoms with Gasteiger partial charge in [-0.15, -0.1) is 0 Å². The molecule has 0 aliphatic rings. The Balaban J connectivity index is -0.0000000910. The normalized spacial score (nSPS) is 9.20. The van der Waals surface area contributed by atoms with Crippen molar-refractivity contribution in [2.24, 2.45) is 0 Å². The Hall–Kier alpha value is -0.220. The molecule has 0 spiro atoms. The van der Waals surface area contributed by atoms with E-state index in [2.05, 4.69) is 0 Å². The third-order valence-electron chi connectivity index (χ3n) is 0. The van der Waals surface area contributed by atoms with Gasteiger partial charge in [0.25, 0.3) is 21.1 Å². The second-order valence-corrected chi connectivity index (χ2v) is 2.91. The third kappa shape index (κ3) is 7390. The van der Waals surface area contributed by atoms with Crippen LogP contribution in [-0.4, -0.2) is 32.2 Å². The zero-order chi connectivity index (χ0) is 8.08. The molecule has 9 heteroatoms. The molecule has 0 aromatic heterocycles. The minimum Gasteiger partial charge on any atom is -0.344 e. The van der Waals surface area contributed by atoms with E-state index in [0.717, 1.165) is 0 Å². The maximum absolute atomic E-state index is 9.19. The Labute approximate surface area is 60.2 Å². The van der Waals surface area contributed by atoms with Crippen molar-refractivity contribution in [3.05, 3.63) is 0 Å². The van der Waals surface area contributed by atoms with Crippen molar-refractivity contribution < 1.29 is 25.9 Å². The first-order valence-electron chi connectivity index (χ1n) is 1.49. The zero-order valence-corrected chi connectivity index (χ0v) is 6.80. The summed E-state index contributed by atoms with van der Waals surface area (Å²) in [5, 5.41) is 0. The summed E-state index contributed by atoms with van der Waals surface area (Å²) in [4.78, 5) is 0. The van der Waals surface area contributed by atoms with Crippen LogP contribution >= 0.6 is 0 Å². The summed E-state index contributed by atoms with van der Waals surface area (Å²) < 4.78 is 50.1. The molecule has 0 aliphatic carbocycles. The fraction of sp³-hybridized carbons (Fsp3) is 1.00. The van der Waals surface area contributed by atoms with Gasteiger partial charge in [-0.05, 0) is 0 Å². The monoisotopic (exact) mass is 195 g/mol. The SMILES string of the molecule is CS(=O)(=O)O.N.O=[SH](=O)O. The lowest BCUT2D eigenvalue weighted by molar-refractivity contribution is 0.490. The molecule has 0 radical (unpaired) electrons. The molecule has 0 aliphatic heterocycles. The molecule has 0 bridgehead atoms. The number of hydrogen-bond acceptors (Lipinski definition) is 5. The Morgan fingerprint density at radius 1 is 1.30 bits per heavy atom. The molecule has 0 heterocycles. The van der Waals surface area contributed by atoms with Crippen LogP contribution in [0.15, 0.2) is 0 Å². The average Bonchev–Trinajstić information content (AvgIpc) is 1.19. The van der Waals surface area contributed by atoms with Crippen LogP contribution in [0.5, 0.6) is 0 Å². The minimum atomic E-state index is -3.67. The number of rotatable bonds is 0. The quantitative estimate of drug-likeness (QED) is 0.279. The van der Waals surface area contributed by atoms with E-state index in [-0.39, 0.29) is 6.15 Å². The van der Waals surface area contributed by atoms with Gasteiger partial charge in [0.1, 0.15) is 0 Å². The third-order valence-corrected chi connectivity index (χ3v) is 0. The van der Waals surface area contributed by atoms with Crippen LogP contribution in [0.25, 0.3) is 0 Å². The van der Waals surface area contributed by atoms with Crippen LogP contribution in [0.1, 0.15) is 0 Å². The summed E-state index contributed by atoms with van der Waals surface area (Å²) in [6.45, 7) is 0. The van der Waals surface area contributed by atoms with Crippen LogP contribution in [-0.2, 0) is 21.1 Å². The molecule has 10 heavy (non-hydrogen) atoms. The maximum atomic E-state index is 9.19. The highest BCUT2D eigenvalue weighted by Crippen LogP contribution is 1.60. The molecule has 5 N–H and O–H groups in total. The van der Waals surface area contributed by atoms with E-state index in [4.69, 9.17) is 17.5 Å². The second kappa shape index (κ2) is 6.89. The molecule has 0 amide bonds. The summed E-state index contributed by atoms with van der Waals surface area (Å²) in [6, 6.07) is 0. The van der Waals surface area contributed by atoms with Crippen molar-refractivity contribution in [3.63, 3.8) is 0 Å². The lowest BCUT2D eigenvalue weighted by Gasteiger charge is -1.69. The Morgan fingerprint density at radius 3 is 1.30 bits per heavy atom. The summed E-state index contributed by atoms with van der Waals surface area (Å²) in [6.07, 6.45) is 0.715. The van der Waals surface area contributed by atoms with Crippen LogP contribution < -0.4 is 6.15 Å². The van der Waals surface area contributed by atoms with Gasteiger partial charge in [-0.2, -0.15) is 8.42 Å². The molecule has 0 aromatic rings. The van der Waals surface area contributed by atoms with Crippen LogP contribution in [0, 0.1) is 0 Å². The Bertz CT molecular complexity index is 196. The van der Waals surface area contributed by atoms with Gasteiger partial charge in [-0.25, -0.2) is 8.42 Å². The summed E-state index contributed by atoms with van der Waals surface area (Å²) in [5.74, 6) is 0. The van der Waals surface area contributed by atoms with Gasteiger partial charge < -0.3 is 6.15 Å². The molecule has 0 fully saturated rings. The minimum absolute atomic E-state index is 0. The summed E-state index contributed by atoms with van der Waals surface area (Å²) in [7, 11) is -6.79. The summed E-state index contributed by atoms with van der Waals surface area (Å²) in [5.41, 5.74) is 0. The Morgan fingerprint density at radius 2 is 1.30 bits per heavy atom. The smallest absolute Gasteiger partial charge is 0.261 e. The molecule has 0 rings (SSSR count). The number of hydrogen-bond donors (Lipinski definition) is 4. The highest BCUT2D eigenvalue weighted by molar-refractivity contribution is 7.85. The molecule has 0 saturated heterocycles. The highest BCUT2D eigenvalue weighted by atomic mass is 32.2. The molecule has 7 nitrogen and oxygen atoms in total. The van der Waals surface area contributed by atoms with Crippen LogP contribution in [0.4, 0.5) is 0 Å². The van der Waals surface area contributed by atoms with Gasteiger partial charge in [0, 0.05) is 0 Å². The van der Waals surface area contributed by atoms with Crippen molar-refractivity contribution in [1.29, 1.82) is 0 Å². The average molecular weight is 195 g/mol. The first-order chi connectivity index (χ1) is 3.73. The van der Waals surface area contributed by atoms with Crippen molar-refractivity contribution in [3.8, 4) is 0 Å².